The molecular weight excluding hydrogens is 307 g/mol. The van der Waals surface area contributed by atoms with Crippen LogP contribution in [0, 0.1) is 5.92 Å². The van der Waals surface area contributed by atoms with E-state index < -0.39 is 0 Å². The molecule has 0 saturated heterocycles. The van der Waals surface area contributed by atoms with Crippen LogP contribution in [0.25, 0.3) is 0 Å². The van der Waals surface area contributed by atoms with Crippen LogP contribution in [0.4, 0.5) is 0 Å². The summed E-state index contributed by atoms with van der Waals surface area (Å²) in [7, 11) is 1.85. The number of likely N-dealkylation sites (N-methyl/N-ethyl adjacent to an activating group) is 1. The summed E-state index contributed by atoms with van der Waals surface area (Å²) in [5, 5.41) is 0.726. The summed E-state index contributed by atoms with van der Waals surface area (Å²) in [4.78, 5) is 14.1. The van der Waals surface area contributed by atoms with Crippen LogP contribution in [-0.2, 0) is 4.79 Å². The Hall–Kier alpha value is -0.770. The minimum Gasteiger partial charge on any atom is -0.342 e. The van der Waals surface area contributed by atoms with Crippen LogP contribution in [0.5, 0.6) is 0 Å². The third-order valence-corrected chi connectivity index (χ3v) is 4.51. The van der Waals surface area contributed by atoms with Crippen LogP contribution in [0.15, 0.2) is 24.3 Å². The first-order valence-electron chi connectivity index (χ1n) is 7.03. The molecule has 1 rings (SSSR count). The Labute approximate surface area is 139 Å². The Bertz CT molecular complexity index is 448. The molecule has 0 aromatic heterocycles. The van der Waals surface area contributed by atoms with Gasteiger partial charge in [-0.15, -0.1) is 12.4 Å². The van der Waals surface area contributed by atoms with Crippen molar-refractivity contribution >= 4 is 29.9 Å². The molecule has 0 bridgehead atoms. The first-order valence-corrected chi connectivity index (χ1v) is 7.41. The molecule has 0 heterocycles. The van der Waals surface area contributed by atoms with E-state index in [1.807, 2.05) is 45.2 Å². The summed E-state index contributed by atoms with van der Waals surface area (Å²) in [5.74, 6) is 0.162. The van der Waals surface area contributed by atoms with Crippen molar-refractivity contribution in [1.29, 1.82) is 0 Å². The lowest BCUT2D eigenvalue weighted by atomic mass is 9.92. The Morgan fingerprint density at radius 2 is 1.62 bits per heavy atom. The fourth-order valence-corrected chi connectivity index (χ4v) is 2.25. The molecule has 21 heavy (non-hydrogen) atoms. The standard InChI is InChI=1S/C16H25ClN2O.ClH/c1-10(12(3)18)16(20)19(5)13(4)11(2)14-6-8-15(17)9-7-14;/h6-13H,18H2,1-5H3;1H. The Morgan fingerprint density at radius 1 is 1.14 bits per heavy atom. The van der Waals surface area contributed by atoms with Crippen LogP contribution >= 0.6 is 24.0 Å². The third kappa shape index (κ3) is 5.17. The molecule has 0 aliphatic heterocycles. The van der Waals surface area contributed by atoms with E-state index in [0.717, 1.165) is 5.02 Å². The number of benzene rings is 1. The van der Waals surface area contributed by atoms with Gasteiger partial charge in [-0.2, -0.15) is 0 Å². The van der Waals surface area contributed by atoms with Crippen LogP contribution in [-0.4, -0.2) is 29.9 Å². The Morgan fingerprint density at radius 3 is 2.05 bits per heavy atom. The van der Waals surface area contributed by atoms with Gasteiger partial charge in [-0.3, -0.25) is 4.79 Å². The van der Waals surface area contributed by atoms with Gasteiger partial charge in [0.15, 0.2) is 0 Å². The predicted octanol–water partition coefficient (Wildman–Crippen LogP) is 3.70. The van der Waals surface area contributed by atoms with Gasteiger partial charge in [-0.05, 0) is 31.5 Å². The SMILES string of the molecule is CC(N)C(C)C(=O)N(C)C(C)C(C)c1ccc(Cl)cc1.Cl. The second-order valence-electron chi connectivity index (χ2n) is 5.68. The molecule has 4 unspecified atom stereocenters. The number of carbonyl (C=O) groups excluding carboxylic acids is 1. The third-order valence-electron chi connectivity index (χ3n) is 4.26. The summed E-state index contributed by atoms with van der Waals surface area (Å²) in [6, 6.07) is 7.75. The second-order valence-corrected chi connectivity index (χ2v) is 6.11. The number of carbonyl (C=O) groups is 1. The predicted molar refractivity (Wildman–Crippen MR) is 92.2 cm³/mol. The average Bonchev–Trinajstić information content (AvgIpc) is 2.44. The van der Waals surface area contributed by atoms with E-state index in [9.17, 15) is 4.79 Å². The highest BCUT2D eigenvalue weighted by molar-refractivity contribution is 6.30. The fourth-order valence-electron chi connectivity index (χ4n) is 2.13. The molecule has 0 spiro atoms. The van der Waals surface area contributed by atoms with Gasteiger partial charge in [0.2, 0.25) is 5.91 Å². The summed E-state index contributed by atoms with van der Waals surface area (Å²) in [6.07, 6.45) is 0. The van der Waals surface area contributed by atoms with Crippen molar-refractivity contribution in [3.63, 3.8) is 0 Å². The average molecular weight is 333 g/mol. The molecule has 120 valence electrons. The van der Waals surface area contributed by atoms with Crippen molar-refractivity contribution in [3.8, 4) is 0 Å². The summed E-state index contributed by atoms with van der Waals surface area (Å²) < 4.78 is 0. The van der Waals surface area contributed by atoms with E-state index in [0.29, 0.717) is 0 Å². The van der Waals surface area contributed by atoms with Gasteiger partial charge in [0.25, 0.3) is 0 Å². The zero-order chi connectivity index (χ0) is 15.4. The number of nitrogens with zero attached hydrogens (tertiary/aromatic N) is 1. The molecule has 3 nitrogen and oxygen atoms in total. The molecule has 0 aliphatic carbocycles. The highest BCUT2D eigenvalue weighted by Crippen LogP contribution is 2.24. The fraction of sp³-hybridized carbons (Fsp3) is 0.562. The van der Waals surface area contributed by atoms with Crippen LogP contribution in [0.2, 0.25) is 5.02 Å². The summed E-state index contributed by atoms with van der Waals surface area (Å²) in [6.45, 7) is 7.92. The molecule has 0 aliphatic rings. The lowest BCUT2D eigenvalue weighted by Gasteiger charge is -2.33. The minimum atomic E-state index is -0.167. The van der Waals surface area contributed by atoms with Crippen LogP contribution < -0.4 is 5.73 Å². The monoisotopic (exact) mass is 332 g/mol. The zero-order valence-corrected chi connectivity index (χ0v) is 14.9. The number of amides is 1. The maximum absolute atomic E-state index is 12.3. The molecule has 0 radical (unpaired) electrons. The molecule has 2 N–H and O–H groups in total. The normalized spacial score (nSPS) is 16.3. The van der Waals surface area contributed by atoms with Crippen molar-refractivity contribution < 1.29 is 4.79 Å². The number of hydrogen-bond acceptors (Lipinski definition) is 2. The molecule has 0 fully saturated rings. The number of nitrogens with two attached hydrogens (primary N) is 1. The van der Waals surface area contributed by atoms with Crippen molar-refractivity contribution in [2.24, 2.45) is 11.7 Å². The molecular formula is C16H26Cl2N2O. The first kappa shape index (κ1) is 20.2. The first-order chi connectivity index (χ1) is 9.25. The van der Waals surface area contributed by atoms with E-state index >= 15 is 0 Å². The minimum absolute atomic E-state index is 0. The maximum Gasteiger partial charge on any atom is 0.226 e. The van der Waals surface area contributed by atoms with Gasteiger partial charge in [0.05, 0.1) is 5.92 Å². The molecule has 1 aromatic rings. The van der Waals surface area contributed by atoms with E-state index in [2.05, 4.69) is 13.8 Å². The van der Waals surface area contributed by atoms with E-state index in [-0.39, 0.29) is 42.2 Å². The van der Waals surface area contributed by atoms with Crippen molar-refractivity contribution in [1.82, 2.24) is 4.90 Å². The van der Waals surface area contributed by atoms with Crippen molar-refractivity contribution in [2.45, 2.75) is 45.7 Å². The smallest absolute Gasteiger partial charge is 0.226 e. The van der Waals surface area contributed by atoms with Gasteiger partial charge >= 0.3 is 0 Å². The highest BCUT2D eigenvalue weighted by atomic mass is 35.5. The van der Waals surface area contributed by atoms with E-state index in [1.165, 1.54) is 5.56 Å². The molecule has 1 amide bonds. The van der Waals surface area contributed by atoms with Crippen molar-refractivity contribution in [2.75, 3.05) is 7.05 Å². The van der Waals surface area contributed by atoms with Gasteiger partial charge < -0.3 is 10.6 Å². The Kier molecular flexibility index (Phi) is 8.30. The van der Waals surface area contributed by atoms with E-state index in [1.54, 1.807) is 4.90 Å². The molecule has 0 saturated carbocycles. The quantitative estimate of drug-likeness (QED) is 0.893. The van der Waals surface area contributed by atoms with Crippen LogP contribution in [0.3, 0.4) is 0 Å². The summed E-state index contributed by atoms with van der Waals surface area (Å²) in [5.41, 5.74) is 6.99. The number of rotatable bonds is 5. The van der Waals surface area contributed by atoms with Gasteiger partial charge in [-0.25, -0.2) is 0 Å². The lowest BCUT2D eigenvalue weighted by molar-refractivity contribution is -0.136. The van der Waals surface area contributed by atoms with Crippen LogP contribution in [0.1, 0.15) is 39.2 Å². The molecule has 5 heteroatoms. The van der Waals surface area contributed by atoms with Crippen molar-refractivity contribution in [3.05, 3.63) is 34.9 Å². The van der Waals surface area contributed by atoms with E-state index in [4.69, 9.17) is 17.3 Å². The highest BCUT2D eigenvalue weighted by Gasteiger charge is 2.27. The maximum atomic E-state index is 12.3. The van der Waals surface area contributed by atoms with Gasteiger partial charge in [-0.1, -0.05) is 37.6 Å². The second kappa shape index (κ2) is 8.62. The van der Waals surface area contributed by atoms with Gasteiger partial charge in [0, 0.05) is 30.1 Å². The Balaban J connectivity index is 0.00000400. The topological polar surface area (TPSA) is 46.3 Å². The number of hydrogen-bond donors (Lipinski definition) is 1. The molecule has 1 aromatic carbocycles. The van der Waals surface area contributed by atoms with Gasteiger partial charge in [0.1, 0.15) is 0 Å². The largest absolute Gasteiger partial charge is 0.342 e. The lowest BCUT2D eigenvalue weighted by Crippen LogP contribution is -2.45. The summed E-state index contributed by atoms with van der Waals surface area (Å²) >= 11 is 5.91. The number of halogens is 2. The molecule has 4 atom stereocenters. The zero-order valence-electron chi connectivity index (χ0n) is 13.3.